The van der Waals surface area contributed by atoms with Gasteiger partial charge in [0.25, 0.3) is 0 Å². The SMILES string of the molecule is C1=NSN=CN=S=N1. The second-order valence-electron chi connectivity index (χ2n) is 0.816. The van der Waals surface area contributed by atoms with Crippen LogP contribution < -0.4 is 0 Å². The first-order valence-corrected chi connectivity index (χ1v) is 3.22. The summed E-state index contributed by atoms with van der Waals surface area (Å²) in [5.41, 5.74) is 0. The van der Waals surface area contributed by atoms with Crippen LogP contribution in [-0.2, 0) is 11.4 Å². The predicted octanol–water partition coefficient (Wildman–Crippen LogP) is 1.07. The summed E-state index contributed by atoms with van der Waals surface area (Å²) in [5, 5.41) is 0. The molecule has 0 aromatic rings. The average molecular weight is 146 g/mol. The van der Waals surface area contributed by atoms with E-state index in [-0.39, 0.29) is 0 Å². The van der Waals surface area contributed by atoms with Crippen LogP contribution in [0.25, 0.3) is 0 Å². The van der Waals surface area contributed by atoms with Gasteiger partial charge in [-0.15, -0.1) is 0 Å². The molecule has 1 aliphatic rings. The van der Waals surface area contributed by atoms with Gasteiger partial charge in [-0.05, 0) is 0 Å². The minimum atomic E-state index is 1.07. The highest BCUT2D eigenvalue weighted by atomic mass is 32.2. The molecule has 0 aromatic heterocycles. The van der Waals surface area contributed by atoms with Gasteiger partial charge in [-0.2, -0.15) is 17.5 Å². The lowest BCUT2D eigenvalue weighted by Crippen LogP contribution is -1.64. The Labute approximate surface area is 54.3 Å². The van der Waals surface area contributed by atoms with Crippen LogP contribution in [0.2, 0.25) is 0 Å². The zero-order valence-electron chi connectivity index (χ0n) is 3.76. The molecular weight excluding hydrogens is 144 g/mol. The van der Waals surface area contributed by atoms with Crippen molar-refractivity contribution in [1.29, 1.82) is 0 Å². The molecular formula is C2H2N4S2. The molecule has 0 amide bonds. The highest BCUT2D eigenvalue weighted by molar-refractivity contribution is 7.97. The fraction of sp³-hybridized carbons (Fsp3) is 0. The van der Waals surface area contributed by atoms with Crippen LogP contribution >= 0.6 is 12.1 Å². The number of nitrogens with zero attached hydrogens (tertiary/aromatic N) is 4. The molecule has 0 N–H and O–H groups in total. The van der Waals surface area contributed by atoms with Gasteiger partial charge < -0.3 is 0 Å². The van der Waals surface area contributed by atoms with Crippen molar-refractivity contribution in [3.63, 3.8) is 0 Å². The first-order chi connectivity index (χ1) is 4.00. The molecule has 0 bridgehead atoms. The van der Waals surface area contributed by atoms with Gasteiger partial charge in [0.05, 0.1) is 11.4 Å². The molecule has 0 aliphatic carbocycles. The largest absolute Gasteiger partial charge is 0.180 e. The lowest BCUT2D eigenvalue weighted by Gasteiger charge is -1.76. The Morgan fingerprint density at radius 1 is 1.00 bits per heavy atom. The Kier molecular flexibility index (Phi) is 2.47. The molecule has 4 nitrogen and oxygen atoms in total. The van der Waals surface area contributed by atoms with E-state index in [9.17, 15) is 0 Å². The third-order valence-electron chi connectivity index (χ3n) is 0.377. The molecule has 0 saturated carbocycles. The fourth-order valence-corrected chi connectivity index (χ4v) is 0.763. The summed E-state index contributed by atoms with van der Waals surface area (Å²) in [5.74, 6) is 0. The molecule has 1 aliphatic heterocycles. The van der Waals surface area contributed by atoms with Crippen LogP contribution in [0.15, 0.2) is 17.5 Å². The molecule has 0 fully saturated rings. The number of hydrogen-bond donors (Lipinski definition) is 0. The van der Waals surface area contributed by atoms with E-state index in [1.165, 1.54) is 12.7 Å². The van der Waals surface area contributed by atoms with E-state index in [2.05, 4.69) is 17.5 Å². The van der Waals surface area contributed by atoms with Gasteiger partial charge in [0.1, 0.15) is 24.8 Å². The summed E-state index contributed by atoms with van der Waals surface area (Å²) in [6.45, 7) is 0. The van der Waals surface area contributed by atoms with E-state index in [1.54, 1.807) is 0 Å². The first-order valence-electron chi connectivity index (χ1n) is 1.76. The monoisotopic (exact) mass is 146 g/mol. The summed E-state index contributed by atoms with van der Waals surface area (Å²) in [6, 6.07) is 0. The molecule has 0 radical (unpaired) electrons. The van der Waals surface area contributed by atoms with E-state index in [0.717, 1.165) is 23.5 Å². The van der Waals surface area contributed by atoms with Crippen molar-refractivity contribution in [3.8, 4) is 0 Å². The van der Waals surface area contributed by atoms with Crippen molar-refractivity contribution < 1.29 is 0 Å². The minimum absolute atomic E-state index is 1.07. The van der Waals surface area contributed by atoms with E-state index in [0.29, 0.717) is 0 Å². The first kappa shape index (κ1) is 5.64. The maximum absolute atomic E-state index is 3.68. The second-order valence-corrected chi connectivity index (χ2v) is 1.99. The molecule has 0 saturated heterocycles. The number of rotatable bonds is 0. The topological polar surface area (TPSA) is 49.4 Å². The van der Waals surface area contributed by atoms with Crippen molar-refractivity contribution >= 4 is 36.2 Å². The van der Waals surface area contributed by atoms with Gasteiger partial charge in [0.15, 0.2) is 0 Å². The molecule has 1 heterocycles. The Morgan fingerprint density at radius 3 is 2.25 bits per heavy atom. The van der Waals surface area contributed by atoms with Crippen LogP contribution in [0.1, 0.15) is 0 Å². The van der Waals surface area contributed by atoms with Crippen molar-refractivity contribution in [2.75, 3.05) is 0 Å². The maximum Gasteiger partial charge on any atom is 0.140 e. The lowest BCUT2D eigenvalue weighted by atomic mass is 11.4. The Morgan fingerprint density at radius 2 is 1.62 bits per heavy atom. The summed E-state index contributed by atoms with van der Waals surface area (Å²) < 4.78 is 14.7. The fourth-order valence-electron chi connectivity index (χ4n) is 0.177. The molecule has 42 valence electrons. The maximum atomic E-state index is 3.68. The quantitative estimate of drug-likeness (QED) is 0.471. The summed E-state index contributed by atoms with van der Waals surface area (Å²) in [4.78, 5) is 0. The third-order valence-corrected chi connectivity index (χ3v) is 1.13. The third kappa shape index (κ3) is 1.99. The molecule has 1 rings (SSSR count). The van der Waals surface area contributed by atoms with Crippen LogP contribution in [-0.4, -0.2) is 12.7 Å². The Bertz CT molecular complexity index is 160. The smallest absolute Gasteiger partial charge is 0.140 e. The van der Waals surface area contributed by atoms with E-state index < -0.39 is 0 Å². The van der Waals surface area contributed by atoms with Crippen LogP contribution in [0.3, 0.4) is 0 Å². The lowest BCUT2D eigenvalue weighted by molar-refractivity contribution is 1.73. The van der Waals surface area contributed by atoms with Gasteiger partial charge >= 0.3 is 0 Å². The predicted molar refractivity (Wildman–Crippen MR) is 36.8 cm³/mol. The van der Waals surface area contributed by atoms with Gasteiger partial charge in [-0.1, -0.05) is 0 Å². The van der Waals surface area contributed by atoms with Gasteiger partial charge in [0, 0.05) is 0 Å². The van der Waals surface area contributed by atoms with Crippen molar-refractivity contribution in [1.82, 2.24) is 0 Å². The molecule has 0 unspecified atom stereocenters. The second kappa shape index (κ2) is 3.50. The highest BCUT2D eigenvalue weighted by Crippen LogP contribution is 2.00. The molecule has 6 heteroatoms. The van der Waals surface area contributed by atoms with E-state index in [1.807, 2.05) is 0 Å². The van der Waals surface area contributed by atoms with Crippen molar-refractivity contribution in [2.45, 2.75) is 0 Å². The average Bonchev–Trinajstić information content (AvgIpc) is 1.62. The minimum Gasteiger partial charge on any atom is -0.180 e. The van der Waals surface area contributed by atoms with Gasteiger partial charge in [-0.3, -0.25) is 0 Å². The molecule has 8 heavy (non-hydrogen) atoms. The summed E-state index contributed by atoms with van der Waals surface area (Å²) in [7, 11) is 0. The van der Waals surface area contributed by atoms with Crippen molar-refractivity contribution in [3.05, 3.63) is 0 Å². The highest BCUT2D eigenvalue weighted by Gasteiger charge is 1.72. The van der Waals surface area contributed by atoms with Gasteiger partial charge in [-0.25, -0.2) is 0 Å². The summed E-state index contributed by atoms with van der Waals surface area (Å²) in [6.07, 6.45) is 2.82. The zero-order chi connectivity index (χ0) is 5.66. The van der Waals surface area contributed by atoms with Crippen LogP contribution in [0.4, 0.5) is 0 Å². The van der Waals surface area contributed by atoms with Crippen molar-refractivity contribution in [2.24, 2.45) is 17.5 Å². The van der Waals surface area contributed by atoms with Crippen LogP contribution in [0, 0.1) is 0 Å². The zero-order valence-corrected chi connectivity index (χ0v) is 5.39. The summed E-state index contributed by atoms with van der Waals surface area (Å²) >= 11 is 2.13. The Hall–Kier alpha value is -0.490. The van der Waals surface area contributed by atoms with Crippen LogP contribution in [0.5, 0.6) is 0 Å². The normalized spacial score (nSPS) is 17.0. The molecule has 0 spiro atoms. The standard InChI is InChI=1S/C2H2N4S2/c1-3-7-5-2-6-8-4-1/h1-2H. The molecule has 0 atom stereocenters. The number of hydrogen-bond acceptors (Lipinski definition) is 5. The molecule has 0 aromatic carbocycles. The Balaban J connectivity index is 2.73. The van der Waals surface area contributed by atoms with Gasteiger partial charge in [0.2, 0.25) is 0 Å². The van der Waals surface area contributed by atoms with E-state index >= 15 is 0 Å². The van der Waals surface area contributed by atoms with E-state index in [4.69, 9.17) is 0 Å².